The first-order valence-corrected chi connectivity index (χ1v) is 12.4. The minimum atomic E-state index is -0.531. The van der Waals surface area contributed by atoms with Crippen LogP contribution in [-0.2, 0) is 28.0 Å². The molecule has 0 spiro atoms. The molecule has 1 saturated carbocycles. The number of amides is 2. The number of nitrogens with zero attached hydrogens (tertiary/aromatic N) is 1. The zero-order chi connectivity index (χ0) is 24.0. The first-order valence-electron chi connectivity index (χ1n) is 12.1. The zero-order valence-corrected chi connectivity index (χ0v) is 21.1. The van der Waals surface area contributed by atoms with E-state index in [1.807, 2.05) is 31.2 Å². The van der Waals surface area contributed by atoms with E-state index in [9.17, 15) is 9.59 Å². The average Bonchev–Trinajstić information content (AvgIpc) is 3.29. The highest BCUT2D eigenvalue weighted by molar-refractivity contribution is 6.30. The molecular weight excluding hydrogens is 432 g/mol. The smallest absolute Gasteiger partial charge is 0.242 e. The van der Waals surface area contributed by atoms with Crippen molar-refractivity contribution in [3.8, 4) is 0 Å². The number of carbonyl (C=O) groups excluding carboxylic acids is 2. The summed E-state index contributed by atoms with van der Waals surface area (Å²) in [5, 5.41) is 3.80. The molecule has 0 heterocycles. The van der Waals surface area contributed by atoms with E-state index in [0.29, 0.717) is 24.4 Å². The molecule has 178 valence electrons. The highest BCUT2D eigenvalue weighted by atomic mass is 35.5. The molecule has 1 aliphatic rings. The van der Waals surface area contributed by atoms with Gasteiger partial charge in [0, 0.05) is 24.0 Å². The summed E-state index contributed by atoms with van der Waals surface area (Å²) in [7, 11) is 0. The predicted molar refractivity (Wildman–Crippen MR) is 135 cm³/mol. The standard InChI is InChI=1S/C28H37ClN2O2/c1-20(27(33)30-25-7-5-6-8-25)31(19-22-11-16-24(29)17-12-22)26(32)18-13-21-9-14-23(15-10-21)28(2,3)4/h9-12,14-17,20,25H,5-8,13,18-19H2,1-4H3,(H,30,33)/t20-/m0/s1. The van der Waals surface area contributed by atoms with Crippen LogP contribution in [0, 0.1) is 0 Å². The number of nitrogens with one attached hydrogen (secondary N) is 1. The first kappa shape index (κ1) is 25.3. The van der Waals surface area contributed by atoms with Gasteiger partial charge in [-0.15, -0.1) is 0 Å². The minimum absolute atomic E-state index is 0.0149. The summed E-state index contributed by atoms with van der Waals surface area (Å²) in [6.07, 6.45) is 5.37. The molecule has 5 heteroatoms. The molecule has 0 aromatic heterocycles. The van der Waals surface area contributed by atoms with Crippen LogP contribution in [0.25, 0.3) is 0 Å². The fraction of sp³-hybridized carbons (Fsp3) is 0.500. The van der Waals surface area contributed by atoms with Crippen molar-refractivity contribution in [2.45, 2.75) is 90.3 Å². The van der Waals surface area contributed by atoms with Crippen molar-refractivity contribution in [2.75, 3.05) is 0 Å². The largest absolute Gasteiger partial charge is 0.352 e. The van der Waals surface area contributed by atoms with Crippen LogP contribution in [-0.4, -0.2) is 28.8 Å². The number of carbonyl (C=O) groups is 2. The third-order valence-electron chi connectivity index (χ3n) is 6.58. The molecule has 33 heavy (non-hydrogen) atoms. The zero-order valence-electron chi connectivity index (χ0n) is 20.4. The number of aryl methyl sites for hydroxylation is 1. The molecule has 1 aliphatic carbocycles. The molecule has 0 bridgehead atoms. The monoisotopic (exact) mass is 468 g/mol. The number of benzene rings is 2. The van der Waals surface area contributed by atoms with Crippen LogP contribution in [0.4, 0.5) is 0 Å². The van der Waals surface area contributed by atoms with E-state index < -0.39 is 6.04 Å². The summed E-state index contributed by atoms with van der Waals surface area (Å²) < 4.78 is 0. The maximum Gasteiger partial charge on any atom is 0.242 e. The second-order valence-electron chi connectivity index (χ2n) is 10.3. The third-order valence-corrected chi connectivity index (χ3v) is 6.83. The highest BCUT2D eigenvalue weighted by Gasteiger charge is 2.28. The van der Waals surface area contributed by atoms with Crippen molar-refractivity contribution in [2.24, 2.45) is 0 Å². The average molecular weight is 469 g/mol. The number of halogens is 1. The van der Waals surface area contributed by atoms with Crippen molar-refractivity contribution in [1.29, 1.82) is 0 Å². The minimum Gasteiger partial charge on any atom is -0.352 e. The Morgan fingerprint density at radius 2 is 1.58 bits per heavy atom. The summed E-state index contributed by atoms with van der Waals surface area (Å²) in [5.41, 5.74) is 3.47. The van der Waals surface area contributed by atoms with Gasteiger partial charge in [-0.05, 0) is 60.4 Å². The predicted octanol–water partition coefficient (Wildman–Crippen LogP) is 6.05. The van der Waals surface area contributed by atoms with Gasteiger partial charge in [0.1, 0.15) is 6.04 Å². The van der Waals surface area contributed by atoms with Gasteiger partial charge in [-0.25, -0.2) is 0 Å². The molecule has 0 unspecified atom stereocenters. The van der Waals surface area contributed by atoms with Crippen molar-refractivity contribution < 1.29 is 9.59 Å². The second kappa shape index (κ2) is 11.2. The molecule has 1 N–H and O–H groups in total. The molecule has 1 atom stereocenters. The Balaban J connectivity index is 1.69. The van der Waals surface area contributed by atoms with Gasteiger partial charge in [0.25, 0.3) is 0 Å². The van der Waals surface area contributed by atoms with Crippen molar-refractivity contribution >= 4 is 23.4 Å². The number of hydrogen-bond donors (Lipinski definition) is 1. The third kappa shape index (κ3) is 7.33. The van der Waals surface area contributed by atoms with Crippen molar-refractivity contribution in [1.82, 2.24) is 10.2 Å². The van der Waals surface area contributed by atoms with Gasteiger partial charge in [0.2, 0.25) is 11.8 Å². The molecule has 4 nitrogen and oxygen atoms in total. The normalized spacial score (nSPS) is 15.3. The molecular formula is C28H37ClN2O2. The van der Waals surface area contributed by atoms with Gasteiger partial charge in [-0.2, -0.15) is 0 Å². The fourth-order valence-electron chi connectivity index (χ4n) is 4.33. The lowest BCUT2D eigenvalue weighted by Crippen LogP contribution is -2.49. The second-order valence-corrected chi connectivity index (χ2v) is 10.7. The van der Waals surface area contributed by atoms with Crippen LogP contribution in [0.5, 0.6) is 0 Å². The van der Waals surface area contributed by atoms with E-state index in [-0.39, 0.29) is 23.3 Å². The molecule has 3 rings (SSSR count). The Kier molecular flexibility index (Phi) is 8.58. The SMILES string of the molecule is C[C@@H](C(=O)NC1CCCC1)N(Cc1ccc(Cl)cc1)C(=O)CCc1ccc(C(C)(C)C)cc1. The molecule has 2 aromatic carbocycles. The van der Waals surface area contributed by atoms with Crippen LogP contribution in [0.1, 0.15) is 76.5 Å². The summed E-state index contributed by atoms with van der Waals surface area (Å²) in [5.74, 6) is -0.0855. The van der Waals surface area contributed by atoms with Gasteiger partial charge in [-0.1, -0.05) is 81.6 Å². The Morgan fingerprint density at radius 1 is 1.00 bits per heavy atom. The molecule has 2 amide bonds. The van der Waals surface area contributed by atoms with Crippen LogP contribution in [0.2, 0.25) is 5.02 Å². The molecule has 0 radical (unpaired) electrons. The lowest BCUT2D eigenvalue weighted by molar-refractivity contribution is -0.140. The maximum absolute atomic E-state index is 13.3. The quantitative estimate of drug-likeness (QED) is 0.513. The van der Waals surface area contributed by atoms with Gasteiger partial charge in [0.05, 0.1) is 0 Å². The van der Waals surface area contributed by atoms with Gasteiger partial charge < -0.3 is 10.2 Å². The van der Waals surface area contributed by atoms with Crippen LogP contribution < -0.4 is 5.32 Å². The van der Waals surface area contributed by atoms with E-state index in [1.165, 1.54) is 5.56 Å². The number of hydrogen-bond acceptors (Lipinski definition) is 2. The Bertz CT molecular complexity index is 926. The summed E-state index contributed by atoms with van der Waals surface area (Å²) in [6, 6.07) is 15.7. The molecule has 1 fully saturated rings. The highest BCUT2D eigenvalue weighted by Crippen LogP contribution is 2.23. The van der Waals surface area contributed by atoms with Crippen molar-refractivity contribution in [3.63, 3.8) is 0 Å². The van der Waals surface area contributed by atoms with E-state index in [1.54, 1.807) is 4.90 Å². The molecule has 0 saturated heterocycles. The van der Waals surface area contributed by atoms with E-state index in [0.717, 1.165) is 36.8 Å². The fourth-order valence-corrected chi connectivity index (χ4v) is 4.45. The van der Waals surface area contributed by atoms with Gasteiger partial charge in [0.15, 0.2) is 0 Å². The lowest BCUT2D eigenvalue weighted by atomic mass is 9.86. The van der Waals surface area contributed by atoms with E-state index >= 15 is 0 Å². The van der Waals surface area contributed by atoms with Crippen molar-refractivity contribution in [3.05, 3.63) is 70.2 Å². The molecule has 2 aromatic rings. The van der Waals surface area contributed by atoms with E-state index in [4.69, 9.17) is 11.6 Å². The Hall–Kier alpha value is -2.33. The van der Waals surface area contributed by atoms with Gasteiger partial charge in [-0.3, -0.25) is 9.59 Å². The topological polar surface area (TPSA) is 49.4 Å². The number of rotatable bonds is 8. The first-order chi connectivity index (χ1) is 15.6. The summed E-state index contributed by atoms with van der Waals surface area (Å²) in [6.45, 7) is 8.79. The summed E-state index contributed by atoms with van der Waals surface area (Å²) in [4.78, 5) is 28.0. The molecule has 0 aliphatic heterocycles. The van der Waals surface area contributed by atoms with Gasteiger partial charge >= 0.3 is 0 Å². The summed E-state index contributed by atoms with van der Waals surface area (Å²) >= 11 is 6.03. The Morgan fingerprint density at radius 3 is 2.15 bits per heavy atom. The van der Waals surface area contributed by atoms with Crippen LogP contribution in [0.15, 0.2) is 48.5 Å². The van der Waals surface area contributed by atoms with E-state index in [2.05, 4.69) is 50.4 Å². The van der Waals surface area contributed by atoms with Crippen LogP contribution in [0.3, 0.4) is 0 Å². The Labute approximate surface area is 203 Å². The maximum atomic E-state index is 13.3. The van der Waals surface area contributed by atoms with Crippen LogP contribution >= 0.6 is 11.6 Å². The lowest BCUT2D eigenvalue weighted by Gasteiger charge is -2.30.